The quantitative estimate of drug-likeness (QED) is 0.355. The van der Waals surface area contributed by atoms with Crippen molar-refractivity contribution in [2.45, 2.75) is 41.0 Å². The number of pyridine rings is 2. The molecule has 3 rings (SSSR count). The summed E-state index contributed by atoms with van der Waals surface area (Å²) in [7, 11) is 0. The smallest absolute Gasteiger partial charge is 0.312 e. The van der Waals surface area contributed by atoms with Crippen LogP contribution in [0.4, 0.5) is 0 Å². The van der Waals surface area contributed by atoms with Crippen molar-refractivity contribution in [3.8, 4) is 17.0 Å². The Labute approximate surface area is 207 Å². The summed E-state index contributed by atoms with van der Waals surface area (Å²) in [6.07, 6.45) is 6.59. The standard InChI is InChI=1S/C29H33N3O3/c1-6-20(3)27(32-24(7-2)26-10-8-9-17-30-26)22-13-16-25(31-18-22)21-11-14-23(15-12-21)35-19-29(4,5)28(33)34/h7-18,32H,6,19H2,1-5H3,(H,33,34)/b24-7-,27-20+. The van der Waals surface area contributed by atoms with E-state index in [9.17, 15) is 9.90 Å². The van der Waals surface area contributed by atoms with E-state index < -0.39 is 11.4 Å². The largest absolute Gasteiger partial charge is 0.492 e. The van der Waals surface area contributed by atoms with E-state index in [4.69, 9.17) is 9.72 Å². The van der Waals surface area contributed by atoms with Gasteiger partial charge in [-0.1, -0.05) is 19.1 Å². The van der Waals surface area contributed by atoms with E-state index in [2.05, 4.69) is 30.2 Å². The summed E-state index contributed by atoms with van der Waals surface area (Å²) in [5.74, 6) is -0.262. The van der Waals surface area contributed by atoms with Crippen molar-refractivity contribution in [3.63, 3.8) is 0 Å². The van der Waals surface area contributed by atoms with Gasteiger partial charge < -0.3 is 15.2 Å². The highest BCUT2D eigenvalue weighted by atomic mass is 16.5. The van der Waals surface area contributed by atoms with E-state index in [1.165, 1.54) is 5.57 Å². The lowest BCUT2D eigenvalue weighted by molar-refractivity contribution is -0.148. The molecule has 0 saturated carbocycles. The number of ether oxygens (including phenoxy) is 1. The first kappa shape index (κ1) is 25.7. The predicted molar refractivity (Wildman–Crippen MR) is 140 cm³/mol. The van der Waals surface area contributed by atoms with Gasteiger partial charge in [-0.25, -0.2) is 0 Å². The molecule has 0 fully saturated rings. The Hall–Kier alpha value is -3.93. The topological polar surface area (TPSA) is 84.3 Å². The SMILES string of the molecule is C/C=C(\N/C(=C(\C)CC)c1ccc(-c2ccc(OCC(C)(C)C(=O)O)cc2)nc1)c1ccccn1. The van der Waals surface area contributed by atoms with Gasteiger partial charge >= 0.3 is 5.97 Å². The molecule has 182 valence electrons. The average molecular weight is 472 g/mol. The first-order chi connectivity index (χ1) is 16.7. The van der Waals surface area contributed by atoms with Crippen LogP contribution in [0.2, 0.25) is 0 Å². The van der Waals surface area contributed by atoms with E-state index in [1.54, 1.807) is 20.0 Å². The van der Waals surface area contributed by atoms with Gasteiger partial charge in [-0.15, -0.1) is 0 Å². The minimum Gasteiger partial charge on any atom is -0.492 e. The van der Waals surface area contributed by atoms with Crippen molar-refractivity contribution in [3.05, 3.63) is 89.9 Å². The maximum absolute atomic E-state index is 11.3. The summed E-state index contributed by atoms with van der Waals surface area (Å²) in [6, 6.07) is 17.5. The Balaban J connectivity index is 1.78. The Morgan fingerprint density at radius 3 is 2.37 bits per heavy atom. The summed E-state index contributed by atoms with van der Waals surface area (Å²) >= 11 is 0. The van der Waals surface area contributed by atoms with Gasteiger partial charge in [0.1, 0.15) is 12.4 Å². The monoisotopic (exact) mass is 471 g/mol. The number of hydrogen-bond donors (Lipinski definition) is 2. The molecule has 6 nitrogen and oxygen atoms in total. The number of nitrogens with one attached hydrogen (secondary N) is 1. The number of aliphatic carboxylic acids is 1. The molecule has 0 radical (unpaired) electrons. The number of rotatable bonds is 10. The number of allylic oxidation sites excluding steroid dienone is 2. The Kier molecular flexibility index (Phi) is 8.42. The van der Waals surface area contributed by atoms with Crippen molar-refractivity contribution in [2.24, 2.45) is 5.41 Å². The number of aromatic nitrogens is 2. The number of nitrogens with zero attached hydrogens (tertiary/aromatic N) is 2. The van der Waals surface area contributed by atoms with Crippen LogP contribution in [0.1, 0.15) is 52.3 Å². The van der Waals surface area contributed by atoms with Crippen molar-refractivity contribution in [1.29, 1.82) is 0 Å². The summed E-state index contributed by atoms with van der Waals surface area (Å²) in [5, 5.41) is 12.8. The minimum atomic E-state index is -0.949. The molecule has 0 saturated heterocycles. The zero-order valence-electron chi connectivity index (χ0n) is 21.0. The van der Waals surface area contributed by atoms with Gasteiger partial charge in [-0.2, -0.15) is 0 Å². The lowest BCUT2D eigenvalue weighted by Gasteiger charge is -2.19. The average Bonchev–Trinajstić information content (AvgIpc) is 2.89. The van der Waals surface area contributed by atoms with Crippen LogP contribution in [0.3, 0.4) is 0 Å². The van der Waals surface area contributed by atoms with Crippen LogP contribution >= 0.6 is 0 Å². The van der Waals surface area contributed by atoms with Crippen molar-refractivity contribution < 1.29 is 14.6 Å². The number of carboxylic acids is 1. The minimum absolute atomic E-state index is 0.0974. The number of carboxylic acid groups (broad SMARTS) is 1. The third-order valence-corrected chi connectivity index (χ3v) is 5.83. The van der Waals surface area contributed by atoms with Crippen LogP contribution in [0.25, 0.3) is 22.7 Å². The van der Waals surface area contributed by atoms with Crippen molar-refractivity contribution in [1.82, 2.24) is 15.3 Å². The summed E-state index contributed by atoms with van der Waals surface area (Å²) < 4.78 is 5.67. The Morgan fingerprint density at radius 2 is 1.83 bits per heavy atom. The molecule has 0 atom stereocenters. The van der Waals surface area contributed by atoms with Gasteiger partial charge in [0.2, 0.25) is 0 Å². The van der Waals surface area contributed by atoms with Crippen molar-refractivity contribution in [2.75, 3.05) is 6.61 Å². The number of benzene rings is 1. The third kappa shape index (κ3) is 6.57. The van der Waals surface area contributed by atoms with Crippen LogP contribution < -0.4 is 10.1 Å². The maximum atomic E-state index is 11.3. The van der Waals surface area contributed by atoms with Gasteiger partial charge in [-0.05, 0) is 88.2 Å². The summed E-state index contributed by atoms with van der Waals surface area (Å²) in [4.78, 5) is 20.4. The summed E-state index contributed by atoms with van der Waals surface area (Å²) in [6.45, 7) is 9.63. The molecule has 0 unspecified atom stereocenters. The molecule has 1 aromatic carbocycles. The highest BCUT2D eigenvalue weighted by molar-refractivity contribution is 5.77. The molecule has 0 aliphatic rings. The second-order valence-electron chi connectivity index (χ2n) is 8.99. The maximum Gasteiger partial charge on any atom is 0.312 e. The normalized spacial score (nSPS) is 12.7. The zero-order chi connectivity index (χ0) is 25.4. The van der Waals surface area contributed by atoms with Crippen LogP contribution in [0, 0.1) is 5.41 Å². The molecule has 2 aromatic heterocycles. The fraction of sp³-hybridized carbons (Fsp3) is 0.276. The summed E-state index contributed by atoms with van der Waals surface area (Å²) in [5.41, 5.74) is 5.92. The Bertz CT molecular complexity index is 1200. The van der Waals surface area contributed by atoms with Gasteiger partial charge in [0, 0.05) is 29.2 Å². The van der Waals surface area contributed by atoms with Crippen LogP contribution in [-0.4, -0.2) is 27.7 Å². The molecular weight excluding hydrogens is 438 g/mol. The lowest BCUT2D eigenvalue weighted by Crippen LogP contribution is -2.30. The highest BCUT2D eigenvalue weighted by Gasteiger charge is 2.28. The van der Waals surface area contributed by atoms with Crippen LogP contribution in [0.15, 0.2) is 78.6 Å². The second kappa shape index (κ2) is 11.5. The van der Waals surface area contributed by atoms with Gasteiger partial charge in [-0.3, -0.25) is 14.8 Å². The van der Waals surface area contributed by atoms with E-state index in [0.717, 1.165) is 40.3 Å². The molecule has 2 heterocycles. The molecule has 3 aromatic rings. The van der Waals surface area contributed by atoms with Gasteiger partial charge in [0.15, 0.2) is 0 Å². The molecule has 2 N–H and O–H groups in total. The fourth-order valence-corrected chi connectivity index (χ4v) is 3.30. The molecule has 0 bridgehead atoms. The zero-order valence-corrected chi connectivity index (χ0v) is 21.0. The van der Waals surface area contributed by atoms with E-state index in [1.807, 2.05) is 67.7 Å². The molecule has 0 spiro atoms. The third-order valence-electron chi connectivity index (χ3n) is 5.83. The molecule has 0 aliphatic heterocycles. The Morgan fingerprint density at radius 1 is 1.09 bits per heavy atom. The second-order valence-corrected chi connectivity index (χ2v) is 8.99. The van der Waals surface area contributed by atoms with E-state index in [0.29, 0.717) is 5.75 Å². The number of carbonyl (C=O) groups is 1. The molecule has 0 aliphatic carbocycles. The van der Waals surface area contributed by atoms with E-state index in [-0.39, 0.29) is 6.61 Å². The highest BCUT2D eigenvalue weighted by Crippen LogP contribution is 2.26. The molecule has 35 heavy (non-hydrogen) atoms. The fourth-order valence-electron chi connectivity index (χ4n) is 3.30. The first-order valence-corrected chi connectivity index (χ1v) is 11.7. The van der Waals surface area contributed by atoms with Gasteiger partial charge in [0.05, 0.1) is 22.5 Å². The van der Waals surface area contributed by atoms with Crippen LogP contribution in [0.5, 0.6) is 5.75 Å². The first-order valence-electron chi connectivity index (χ1n) is 11.7. The number of hydrogen-bond acceptors (Lipinski definition) is 5. The molecular formula is C29H33N3O3. The predicted octanol–water partition coefficient (Wildman–Crippen LogP) is 6.42. The lowest BCUT2D eigenvalue weighted by atomic mass is 9.95. The van der Waals surface area contributed by atoms with E-state index >= 15 is 0 Å². The molecule has 0 amide bonds. The van der Waals surface area contributed by atoms with Crippen LogP contribution in [-0.2, 0) is 4.79 Å². The molecule has 6 heteroatoms. The van der Waals surface area contributed by atoms with Crippen molar-refractivity contribution >= 4 is 17.4 Å². The van der Waals surface area contributed by atoms with Gasteiger partial charge in [0.25, 0.3) is 0 Å².